The molecule has 2 heterocycles. The number of benzene rings is 2. The normalized spacial score (nSPS) is 11.3. The lowest BCUT2D eigenvalue weighted by Crippen LogP contribution is -2.43. The molecular formula is C32H37N5O5. The number of nitrogens with one attached hydrogen (secondary N) is 1. The van der Waals surface area contributed by atoms with Gasteiger partial charge in [0.05, 0.1) is 10.9 Å². The number of rotatable bonds is 9. The van der Waals surface area contributed by atoms with Gasteiger partial charge in [0.2, 0.25) is 0 Å². The quantitative estimate of drug-likeness (QED) is 0.263. The minimum absolute atomic E-state index is 0.0754. The van der Waals surface area contributed by atoms with Crippen LogP contribution in [0.2, 0.25) is 0 Å². The summed E-state index contributed by atoms with van der Waals surface area (Å²) in [5.74, 6) is 0. The van der Waals surface area contributed by atoms with Crippen molar-refractivity contribution in [3.63, 3.8) is 0 Å². The van der Waals surface area contributed by atoms with Crippen LogP contribution in [0.25, 0.3) is 10.9 Å². The fourth-order valence-electron chi connectivity index (χ4n) is 4.48. The average molecular weight is 572 g/mol. The van der Waals surface area contributed by atoms with Gasteiger partial charge >= 0.3 is 23.8 Å². The maximum absolute atomic E-state index is 13.7. The van der Waals surface area contributed by atoms with Crippen molar-refractivity contribution < 1.29 is 18.7 Å². The Labute approximate surface area is 245 Å². The summed E-state index contributed by atoms with van der Waals surface area (Å²) in [5.41, 5.74) is 2.13. The van der Waals surface area contributed by atoms with E-state index in [1.807, 2.05) is 42.5 Å². The van der Waals surface area contributed by atoms with Crippen LogP contribution in [0.4, 0.5) is 21.3 Å². The summed E-state index contributed by atoms with van der Waals surface area (Å²) >= 11 is 0. The lowest BCUT2D eigenvalue weighted by Gasteiger charge is -2.26. The summed E-state index contributed by atoms with van der Waals surface area (Å²) in [6.07, 6.45) is 4.82. The van der Waals surface area contributed by atoms with E-state index in [-0.39, 0.29) is 17.4 Å². The van der Waals surface area contributed by atoms with Crippen LogP contribution in [-0.4, -0.2) is 52.7 Å². The van der Waals surface area contributed by atoms with Gasteiger partial charge in [-0.3, -0.25) is 10.3 Å². The molecule has 2 aromatic carbocycles. The molecule has 0 aliphatic heterocycles. The van der Waals surface area contributed by atoms with Crippen molar-refractivity contribution in [2.45, 2.75) is 52.6 Å². The standard InChI is InChI=1S/C32H37N5O5/c1-22-25(35-30(39)42-32(2,3)4)13-14-26-27(22)28(38)41-29(34-26)37(20-9-12-23-10-7-6-8-11-23)31(40)36(5)21-17-24-15-18-33-19-16-24/h6-8,10-11,13-16,18-19H,9,12,17,20-21H2,1-5H3,(H,35,39). The van der Waals surface area contributed by atoms with Gasteiger partial charge in [0.15, 0.2) is 0 Å². The Morgan fingerprint density at radius 2 is 1.64 bits per heavy atom. The van der Waals surface area contributed by atoms with Gasteiger partial charge in [-0.25, -0.2) is 19.3 Å². The van der Waals surface area contributed by atoms with Crippen LogP contribution in [0.3, 0.4) is 0 Å². The molecule has 4 rings (SSSR count). The van der Waals surface area contributed by atoms with Crippen LogP contribution in [0.15, 0.2) is 76.2 Å². The van der Waals surface area contributed by atoms with Gasteiger partial charge in [-0.05, 0) is 87.9 Å². The molecule has 220 valence electrons. The number of aromatic nitrogens is 2. The summed E-state index contributed by atoms with van der Waals surface area (Å²) in [6.45, 7) is 7.75. The lowest BCUT2D eigenvalue weighted by atomic mass is 10.1. The number of carbonyl (C=O) groups is 2. The molecule has 1 N–H and O–H groups in total. The van der Waals surface area contributed by atoms with E-state index in [4.69, 9.17) is 9.15 Å². The van der Waals surface area contributed by atoms with Crippen molar-refractivity contribution >= 4 is 34.7 Å². The number of nitrogens with zero attached hydrogens (tertiary/aromatic N) is 4. The molecule has 0 fully saturated rings. The molecule has 0 unspecified atom stereocenters. The largest absolute Gasteiger partial charge is 0.444 e. The van der Waals surface area contributed by atoms with Gasteiger partial charge < -0.3 is 14.1 Å². The predicted molar refractivity (Wildman–Crippen MR) is 163 cm³/mol. The Morgan fingerprint density at radius 3 is 2.33 bits per heavy atom. The first-order valence-electron chi connectivity index (χ1n) is 13.9. The summed E-state index contributed by atoms with van der Waals surface area (Å²) < 4.78 is 11.0. The van der Waals surface area contributed by atoms with E-state index in [0.717, 1.165) is 17.5 Å². The number of pyridine rings is 1. The number of hydrogen-bond donors (Lipinski definition) is 1. The van der Waals surface area contributed by atoms with Gasteiger partial charge in [-0.2, -0.15) is 4.98 Å². The van der Waals surface area contributed by atoms with E-state index in [1.54, 1.807) is 64.2 Å². The van der Waals surface area contributed by atoms with Crippen molar-refractivity contribution in [2.24, 2.45) is 0 Å². The second-order valence-electron chi connectivity index (χ2n) is 11.1. The van der Waals surface area contributed by atoms with Gasteiger partial charge in [0, 0.05) is 38.2 Å². The number of fused-ring (bicyclic) bond motifs is 1. The first-order chi connectivity index (χ1) is 20.0. The number of hydrogen-bond acceptors (Lipinski definition) is 7. The van der Waals surface area contributed by atoms with E-state index >= 15 is 0 Å². The van der Waals surface area contributed by atoms with Gasteiger partial charge in [0.25, 0.3) is 0 Å². The van der Waals surface area contributed by atoms with Crippen LogP contribution < -0.4 is 15.8 Å². The number of amides is 3. The zero-order valence-corrected chi connectivity index (χ0v) is 24.7. The molecule has 0 saturated heterocycles. The molecule has 42 heavy (non-hydrogen) atoms. The zero-order chi connectivity index (χ0) is 30.3. The summed E-state index contributed by atoms with van der Waals surface area (Å²) in [5, 5.41) is 2.90. The summed E-state index contributed by atoms with van der Waals surface area (Å²) in [4.78, 5) is 50.9. The maximum atomic E-state index is 13.7. The van der Waals surface area contributed by atoms with Crippen LogP contribution in [0.5, 0.6) is 0 Å². The number of anilines is 2. The third-order valence-electron chi connectivity index (χ3n) is 6.65. The van der Waals surface area contributed by atoms with Crippen molar-refractivity contribution in [3.05, 3.63) is 94.1 Å². The molecule has 0 spiro atoms. The van der Waals surface area contributed by atoms with Crippen molar-refractivity contribution in [3.8, 4) is 0 Å². The fourth-order valence-corrected chi connectivity index (χ4v) is 4.48. The number of urea groups is 1. The van der Waals surface area contributed by atoms with Gasteiger partial charge in [-0.1, -0.05) is 30.3 Å². The molecule has 4 aromatic rings. The Balaban J connectivity index is 1.60. The molecule has 10 heteroatoms. The van der Waals surface area contributed by atoms with E-state index in [9.17, 15) is 14.4 Å². The first-order valence-corrected chi connectivity index (χ1v) is 13.9. The van der Waals surface area contributed by atoms with Crippen molar-refractivity contribution in [1.29, 1.82) is 0 Å². The Kier molecular flexibility index (Phi) is 9.57. The highest BCUT2D eigenvalue weighted by Crippen LogP contribution is 2.25. The first kappa shape index (κ1) is 30.2. The van der Waals surface area contributed by atoms with E-state index in [0.29, 0.717) is 42.7 Å². The van der Waals surface area contributed by atoms with E-state index in [1.165, 1.54) is 4.90 Å². The molecule has 0 atom stereocenters. The monoisotopic (exact) mass is 571 g/mol. The Morgan fingerprint density at radius 1 is 0.952 bits per heavy atom. The van der Waals surface area contributed by atoms with Crippen LogP contribution in [-0.2, 0) is 17.6 Å². The molecular weight excluding hydrogens is 534 g/mol. The van der Waals surface area contributed by atoms with E-state index in [2.05, 4.69) is 15.3 Å². The smallest absolute Gasteiger partial charge is 0.412 e. The maximum Gasteiger partial charge on any atom is 0.412 e. The molecule has 0 radical (unpaired) electrons. The second-order valence-corrected chi connectivity index (χ2v) is 11.1. The van der Waals surface area contributed by atoms with Crippen LogP contribution in [0, 0.1) is 6.92 Å². The summed E-state index contributed by atoms with van der Waals surface area (Å²) in [7, 11) is 1.71. The topological polar surface area (TPSA) is 118 Å². The Hall–Kier alpha value is -4.73. The number of aryl methyl sites for hydroxylation is 2. The SMILES string of the molecule is Cc1c(NC(=O)OC(C)(C)C)ccc2nc(N(CCCc3ccccc3)C(=O)N(C)CCc3ccncc3)oc(=O)c12. The zero-order valence-electron chi connectivity index (χ0n) is 24.7. The highest BCUT2D eigenvalue weighted by molar-refractivity contribution is 5.94. The van der Waals surface area contributed by atoms with Gasteiger partial charge in [-0.15, -0.1) is 0 Å². The second kappa shape index (κ2) is 13.3. The van der Waals surface area contributed by atoms with E-state index < -0.39 is 17.3 Å². The molecule has 0 saturated carbocycles. The molecule has 3 amide bonds. The highest BCUT2D eigenvalue weighted by Gasteiger charge is 2.25. The average Bonchev–Trinajstić information content (AvgIpc) is 2.95. The summed E-state index contributed by atoms with van der Waals surface area (Å²) in [6, 6.07) is 16.7. The third-order valence-corrected chi connectivity index (χ3v) is 6.65. The molecule has 0 aliphatic rings. The number of carbonyl (C=O) groups excluding carboxylic acids is 2. The molecule has 0 bridgehead atoms. The van der Waals surface area contributed by atoms with Gasteiger partial charge in [0.1, 0.15) is 5.60 Å². The highest BCUT2D eigenvalue weighted by atomic mass is 16.6. The number of likely N-dealkylation sites (N-methyl/N-ethyl adjacent to an activating group) is 1. The fraction of sp³-hybridized carbons (Fsp3) is 0.344. The van der Waals surface area contributed by atoms with Crippen LogP contribution in [0.1, 0.15) is 43.9 Å². The van der Waals surface area contributed by atoms with Crippen molar-refractivity contribution in [1.82, 2.24) is 14.9 Å². The third kappa shape index (κ3) is 7.93. The minimum Gasteiger partial charge on any atom is -0.444 e. The van der Waals surface area contributed by atoms with Crippen LogP contribution >= 0.6 is 0 Å². The predicted octanol–water partition coefficient (Wildman–Crippen LogP) is 5.97. The molecule has 2 aromatic heterocycles. The Bertz CT molecular complexity index is 1580. The lowest BCUT2D eigenvalue weighted by molar-refractivity contribution is 0.0635. The molecule has 10 nitrogen and oxygen atoms in total. The minimum atomic E-state index is -0.674. The number of ether oxygens (including phenoxy) is 1. The van der Waals surface area contributed by atoms with Crippen molar-refractivity contribution in [2.75, 3.05) is 30.4 Å². The molecule has 0 aliphatic carbocycles.